The minimum absolute atomic E-state index is 0.0336. The molecule has 0 bridgehead atoms. The van der Waals surface area contributed by atoms with Crippen LogP contribution in [0.5, 0.6) is 0 Å². The summed E-state index contributed by atoms with van der Waals surface area (Å²) in [7, 11) is 0. The van der Waals surface area contributed by atoms with Gasteiger partial charge < -0.3 is 5.32 Å². The molecule has 3 unspecified atom stereocenters. The highest BCUT2D eigenvalue weighted by Crippen LogP contribution is 2.29. The third-order valence-corrected chi connectivity index (χ3v) is 4.90. The summed E-state index contributed by atoms with van der Waals surface area (Å²) in [4.78, 5) is 24.9. The third kappa shape index (κ3) is 2.50. The molecule has 4 nitrogen and oxygen atoms in total. The fourth-order valence-corrected chi connectivity index (χ4v) is 3.75. The molecule has 2 amide bonds. The van der Waals surface area contributed by atoms with E-state index >= 15 is 0 Å². The molecule has 0 aromatic rings. The first-order valence-corrected chi connectivity index (χ1v) is 7.59. The Labute approximate surface area is 106 Å². The molecule has 2 aliphatic rings. The topological polar surface area (TPSA) is 49.4 Å². The summed E-state index contributed by atoms with van der Waals surface area (Å²) >= 11 is 1.86. The van der Waals surface area contributed by atoms with Crippen LogP contribution in [0.2, 0.25) is 0 Å². The summed E-state index contributed by atoms with van der Waals surface area (Å²) in [6.07, 6.45) is 6.01. The highest BCUT2D eigenvalue weighted by Gasteiger charge is 2.40. The lowest BCUT2D eigenvalue weighted by Gasteiger charge is -2.22. The molecule has 5 heteroatoms. The van der Waals surface area contributed by atoms with Crippen molar-refractivity contribution in [2.24, 2.45) is 0 Å². The molecule has 3 atom stereocenters. The van der Waals surface area contributed by atoms with E-state index < -0.39 is 0 Å². The van der Waals surface area contributed by atoms with Gasteiger partial charge >= 0.3 is 0 Å². The van der Waals surface area contributed by atoms with E-state index in [0.717, 1.165) is 6.42 Å². The van der Waals surface area contributed by atoms with Crippen molar-refractivity contribution >= 4 is 23.6 Å². The average molecular weight is 256 g/mol. The lowest BCUT2D eigenvalue weighted by atomic mass is 10.2. The smallest absolute Gasteiger partial charge is 0.246 e. The van der Waals surface area contributed by atoms with Gasteiger partial charge in [0.05, 0.1) is 12.5 Å². The van der Waals surface area contributed by atoms with Crippen LogP contribution in [0.4, 0.5) is 0 Å². The molecule has 2 rings (SSSR count). The van der Waals surface area contributed by atoms with Crippen molar-refractivity contribution in [3.63, 3.8) is 0 Å². The van der Waals surface area contributed by atoms with Gasteiger partial charge in [-0.2, -0.15) is 11.8 Å². The van der Waals surface area contributed by atoms with Gasteiger partial charge in [-0.3, -0.25) is 14.5 Å². The standard InChI is InChI=1S/C12H20N2O2S/c1-3-14-11(15)7-9(12(14)16)13-8-5-4-6-10(8)17-2/h8-10,13H,3-7H2,1-2H3. The van der Waals surface area contributed by atoms with Gasteiger partial charge in [-0.15, -0.1) is 0 Å². The number of amides is 2. The van der Waals surface area contributed by atoms with Gasteiger partial charge in [-0.25, -0.2) is 0 Å². The molecule has 1 saturated carbocycles. The second-order valence-corrected chi connectivity index (χ2v) is 5.79. The zero-order chi connectivity index (χ0) is 12.4. The monoisotopic (exact) mass is 256 g/mol. The molecule has 96 valence electrons. The van der Waals surface area contributed by atoms with E-state index in [1.807, 2.05) is 18.7 Å². The molecule has 1 aliphatic heterocycles. The van der Waals surface area contributed by atoms with Crippen molar-refractivity contribution < 1.29 is 9.59 Å². The Morgan fingerprint density at radius 3 is 2.76 bits per heavy atom. The molecule has 1 heterocycles. The second kappa shape index (κ2) is 5.40. The molecule has 17 heavy (non-hydrogen) atoms. The van der Waals surface area contributed by atoms with Gasteiger partial charge in [0.2, 0.25) is 11.8 Å². The Kier molecular flexibility index (Phi) is 4.09. The first kappa shape index (κ1) is 12.9. The van der Waals surface area contributed by atoms with Crippen LogP contribution < -0.4 is 5.32 Å². The highest BCUT2D eigenvalue weighted by molar-refractivity contribution is 7.99. The summed E-state index contributed by atoms with van der Waals surface area (Å²) in [6.45, 7) is 2.34. The van der Waals surface area contributed by atoms with Crippen molar-refractivity contribution in [3.05, 3.63) is 0 Å². The summed E-state index contributed by atoms with van der Waals surface area (Å²) in [5, 5.41) is 3.98. The van der Waals surface area contributed by atoms with Crippen LogP contribution in [-0.4, -0.2) is 46.8 Å². The Morgan fingerprint density at radius 1 is 1.41 bits per heavy atom. The predicted molar refractivity (Wildman–Crippen MR) is 68.9 cm³/mol. The Morgan fingerprint density at radius 2 is 2.18 bits per heavy atom. The first-order valence-electron chi connectivity index (χ1n) is 6.30. The number of hydrogen-bond acceptors (Lipinski definition) is 4. The minimum atomic E-state index is -0.278. The fourth-order valence-electron chi connectivity index (χ4n) is 2.80. The number of rotatable bonds is 4. The predicted octanol–water partition coefficient (Wildman–Crippen LogP) is 1.01. The van der Waals surface area contributed by atoms with Crippen molar-refractivity contribution in [1.82, 2.24) is 10.2 Å². The van der Waals surface area contributed by atoms with Gasteiger partial charge in [0.1, 0.15) is 0 Å². The van der Waals surface area contributed by atoms with Crippen LogP contribution in [0.25, 0.3) is 0 Å². The number of nitrogens with zero attached hydrogens (tertiary/aromatic N) is 1. The van der Waals surface area contributed by atoms with E-state index in [1.54, 1.807) is 0 Å². The second-order valence-electron chi connectivity index (χ2n) is 4.71. The van der Waals surface area contributed by atoms with Crippen LogP contribution in [0.1, 0.15) is 32.6 Å². The zero-order valence-corrected chi connectivity index (χ0v) is 11.3. The van der Waals surface area contributed by atoms with E-state index in [-0.39, 0.29) is 17.9 Å². The number of carbonyl (C=O) groups excluding carboxylic acids is 2. The maximum absolute atomic E-state index is 12.0. The number of nitrogens with one attached hydrogen (secondary N) is 1. The van der Waals surface area contributed by atoms with E-state index in [9.17, 15) is 9.59 Å². The molecule has 0 aromatic carbocycles. The van der Waals surface area contributed by atoms with Crippen LogP contribution >= 0.6 is 11.8 Å². The zero-order valence-electron chi connectivity index (χ0n) is 10.4. The molecular formula is C12H20N2O2S. The van der Waals surface area contributed by atoms with Crippen LogP contribution in [0.3, 0.4) is 0 Å². The average Bonchev–Trinajstić information content (AvgIpc) is 2.85. The van der Waals surface area contributed by atoms with Crippen molar-refractivity contribution in [3.8, 4) is 0 Å². The molecule has 2 fully saturated rings. The van der Waals surface area contributed by atoms with Crippen LogP contribution in [0, 0.1) is 0 Å². The maximum Gasteiger partial charge on any atom is 0.246 e. The van der Waals surface area contributed by atoms with E-state index in [1.165, 1.54) is 17.7 Å². The Hall–Kier alpha value is -0.550. The SMILES string of the molecule is CCN1C(=O)CC(NC2CCCC2SC)C1=O. The van der Waals surface area contributed by atoms with E-state index in [4.69, 9.17) is 0 Å². The highest BCUT2D eigenvalue weighted by atomic mass is 32.2. The molecule has 0 aromatic heterocycles. The normalized spacial score (nSPS) is 33.8. The molecule has 1 N–H and O–H groups in total. The molecule has 1 aliphatic carbocycles. The lowest BCUT2D eigenvalue weighted by Crippen LogP contribution is -2.45. The number of hydrogen-bond donors (Lipinski definition) is 1. The van der Waals surface area contributed by atoms with Crippen LogP contribution in [0.15, 0.2) is 0 Å². The number of likely N-dealkylation sites (tertiary alicyclic amines) is 1. The molecular weight excluding hydrogens is 236 g/mol. The third-order valence-electron chi connectivity index (χ3n) is 3.73. The molecule has 0 spiro atoms. The lowest BCUT2D eigenvalue weighted by molar-refractivity contribution is -0.138. The molecule has 1 saturated heterocycles. The minimum Gasteiger partial charge on any atom is -0.302 e. The summed E-state index contributed by atoms with van der Waals surface area (Å²) in [5.41, 5.74) is 0. The van der Waals surface area contributed by atoms with Gasteiger partial charge in [0.15, 0.2) is 0 Å². The summed E-state index contributed by atoms with van der Waals surface area (Å²) in [5.74, 6) is -0.0713. The number of likely N-dealkylation sites (N-methyl/N-ethyl adjacent to an activating group) is 1. The van der Waals surface area contributed by atoms with Gasteiger partial charge in [-0.05, 0) is 26.0 Å². The molecule has 0 radical (unpaired) electrons. The number of thioether (sulfide) groups is 1. The fraction of sp³-hybridized carbons (Fsp3) is 0.833. The Balaban J connectivity index is 1.96. The number of imide groups is 1. The van der Waals surface area contributed by atoms with Gasteiger partial charge in [0, 0.05) is 17.8 Å². The van der Waals surface area contributed by atoms with Crippen LogP contribution in [-0.2, 0) is 9.59 Å². The van der Waals surface area contributed by atoms with Gasteiger partial charge in [0.25, 0.3) is 0 Å². The summed E-state index contributed by atoms with van der Waals surface area (Å²) < 4.78 is 0. The number of carbonyl (C=O) groups is 2. The summed E-state index contributed by atoms with van der Waals surface area (Å²) in [6, 6.07) is 0.115. The van der Waals surface area contributed by atoms with Crippen molar-refractivity contribution in [1.29, 1.82) is 0 Å². The largest absolute Gasteiger partial charge is 0.302 e. The van der Waals surface area contributed by atoms with Crippen molar-refractivity contribution in [2.75, 3.05) is 12.8 Å². The van der Waals surface area contributed by atoms with E-state index in [2.05, 4.69) is 11.6 Å². The van der Waals surface area contributed by atoms with Gasteiger partial charge in [-0.1, -0.05) is 6.42 Å². The quantitative estimate of drug-likeness (QED) is 0.763. The van der Waals surface area contributed by atoms with E-state index in [0.29, 0.717) is 24.3 Å². The Bertz CT molecular complexity index is 322. The maximum atomic E-state index is 12.0. The first-order chi connectivity index (χ1) is 8.17. The van der Waals surface area contributed by atoms with Crippen molar-refractivity contribution in [2.45, 2.75) is 49.9 Å².